The van der Waals surface area contributed by atoms with Crippen molar-refractivity contribution in [2.45, 2.75) is 27.2 Å². The van der Waals surface area contributed by atoms with Gasteiger partial charge in [-0.3, -0.25) is 0 Å². The van der Waals surface area contributed by atoms with Gasteiger partial charge in [0.05, 0.1) is 6.61 Å². The van der Waals surface area contributed by atoms with Crippen LogP contribution in [-0.4, -0.2) is 17.6 Å². The molecule has 5 heteroatoms. The lowest BCUT2D eigenvalue weighted by Gasteiger charge is -2.14. The minimum atomic E-state index is -0.380. The molecule has 2 aromatic carbocycles. The summed E-state index contributed by atoms with van der Waals surface area (Å²) in [6.07, 6.45) is 0.613. The monoisotopic (exact) mass is 363 g/mol. The fourth-order valence-corrected chi connectivity index (χ4v) is 3.30. The highest BCUT2D eigenvalue weighted by Crippen LogP contribution is 2.19. The van der Waals surface area contributed by atoms with Crippen molar-refractivity contribution >= 4 is 5.97 Å². The third kappa shape index (κ3) is 3.53. The van der Waals surface area contributed by atoms with Crippen LogP contribution in [0.3, 0.4) is 0 Å². The Kier molecular flexibility index (Phi) is 5.50. The number of ether oxygens (including phenoxy) is 1. The number of aromatic nitrogens is 2. The van der Waals surface area contributed by atoms with Crippen LogP contribution in [0.1, 0.15) is 35.7 Å². The number of nitrogens with one attached hydrogen (secondary N) is 1. The molecule has 138 valence electrons. The van der Waals surface area contributed by atoms with Crippen LogP contribution < -0.4 is 10.1 Å². The summed E-state index contributed by atoms with van der Waals surface area (Å²) >= 11 is 0. The number of benzene rings is 2. The van der Waals surface area contributed by atoms with Gasteiger partial charge in [0, 0.05) is 6.42 Å². The average molecular weight is 363 g/mol. The first-order valence-electron chi connectivity index (χ1n) is 9.08. The molecule has 0 amide bonds. The molecule has 0 fully saturated rings. The van der Waals surface area contributed by atoms with Crippen LogP contribution in [0.5, 0.6) is 0 Å². The van der Waals surface area contributed by atoms with Crippen LogP contribution in [0.4, 0.5) is 0 Å². The number of hydrogen-bond donors (Lipinski definition) is 1. The van der Waals surface area contributed by atoms with Crippen molar-refractivity contribution in [3.05, 3.63) is 82.0 Å². The van der Waals surface area contributed by atoms with Gasteiger partial charge in [-0.1, -0.05) is 49.4 Å². The van der Waals surface area contributed by atoms with E-state index in [4.69, 9.17) is 4.74 Å². The fraction of sp³-hybridized carbons (Fsp3) is 0.227. The average Bonchev–Trinajstić information content (AvgIpc) is 2.68. The van der Waals surface area contributed by atoms with Crippen molar-refractivity contribution in [3.63, 3.8) is 0 Å². The minimum Gasteiger partial charge on any atom is -0.462 e. The standard InChI is InChI=1S/C22H22N2O3/c1-4-19-23-21(25)20(16-11-7-6-8-12-16)15(3)24(19)18-14-10-9-13-17(18)22(26)27-5-2/h6-14H,4-5H2,1-3H3/p+1. The zero-order valence-corrected chi connectivity index (χ0v) is 15.8. The second-order valence-electron chi connectivity index (χ2n) is 6.15. The SMILES string of the molecule is CCOC(=O)c1ccccc1-[n+]1c(CC)[nH]c(=O)c(-c2ccccc2)c1C. The number of para-hydroxylation sites is 1. The molecule has 1 heterocycles. The van der Waals surface area contributed by atoms with E-state index in [2.05, 4.69) is 4.98 Å². The quantitative estimate of drug-likeness (QED) is 0.558. The van der Waals surface area contributed by atoms with E-state index in [1.54, 1.807) is 19.1 Å². The largest absolute Gasteiger partial charge is 0.462 e. The second kappa shape index (κ2) is 7.99. The number of aromatic amines is 1. The van der Waals surface area contributed by atoms with Gasteiger partial charge in [0.15, 0.2) is 0 Å². The molecule has 3 rings (SSSR count). The summed E-state index contributed by atoms with van der Waals surface area (Å²) in [5.74, 6) is 0.350. The molecule has 0 aliphatic rings. The number of carbonyl (C=O) groups is 1. The fourth-order valence-electron chi connectivity index (χ4n) is 3.30. The van der Waals surface area contributed by atoms with E-state index >= 15 is 0 Å². The molecule has 3 aromatic rings. The molecule has 1 aromatic heterocycles. The van der Waals surface area contributed by atoms with Crippen molar-refractivity contribution in [3.8, 4) is 16.8 Å². The third-order valence-electron chi connectivity index (χ3n) is 4.49. The van der Waals surface area contributed by atoms with Gasteiger partial charge in [0.2, 0.25) is 0 Å². The van der Waals surface area contributed by atoms with Gasteiger partial charge < -0.3 is 4.74 Å². The zero-order chi connectivity index (χ0) is 19.4. The predicted octanol–water partition coefficient (Wildman–Crippen LogP) is 3.37. The molecule has 0 aliphatic heterocycles. The molecule has 5 nitrogen and oxygen atoms in total. The highest BCUT2D eigenvalue weighted by Gasteiger charge is 2.26. The van der Waals surface area contributed by atoms with Crippen molar-refractivity contribution in [2.75, 3.05) is 6.61 Å². The summed E-state index contributed by atoms with van der Waals surface area (Å²) < 4.78 is 7.16. The molecule has 0 aliphatic carbocycles. The maximum atomic E-state index is 12.8. The number of esters is 1. The molecule has 0 saturated heterocycles. The van der Waals surface area contributed by atoms with Crippen LogP contribution in [0.25, 0.3) is 16.8 Å². The number of rotatable bonds is 5. The minimum absolute atomic E-state index is 0.139. The van der Waals surface area contributed by atoms with Crippen LogP contribution in [0, 0.1) is 6.92 Å². The first-order valence-corrected chi connectivity index (χ1v) is 9.08. The van der Waals surface area contributed by atoms with Crippen molar-refractivity contribution in [1.29, 1.82) is 0 Å². The Balaban J connectivity index is 2.32. The van der Waals surface area contributed by atoms with Gasteiger partial charge >= 0.3 is 11.5 Å². The third-order valence-corrected chi connectivity index (χ3v) is 4.49. The Labute approximate surface area is 158 Å². The van der Waals surface area contributed by atoms with Gasteiger partial charge in [-0.2, -0.15) is 4.57 Å². The van der Waals surface area contributed by atoms with E-state index < -0.39 is 0 Å². The van der Waals surface area contributed by atoms with Gasteiger partial charge in [0.25, 0.3) is 5.82 Å². The normalized spacial score (nSPS) is 10.6. The lowest BCUT2D eigenvalue weighted by atomic mass is 10.0. The smallest absolute Gasteiger partial charge is 0.343 e. The molecule has 0 saturated carbocycles. The molecule has 1 N–H and O–H groups in total. The Morgan fingerprint density at radius 2 is 1.70 bits per heavy atom. The highest BCUT2D eigenvalue weighted by molar-refractivity contribution is 5.92. The molecular formula is C22H23N2O3+. The molecule has 0 bridgehead atoms. The number of carbonyl (C=O) groups excluding carboxylic acids is 1. The molecule has 0 radical (unpaired) electrons. The molecular weight excluding hydrogens is 340 g/mol. The first kappa shape index (κ1) is 18.6. The van der Waals surface area contributed by atoms with Crippen molar-refractivity contribution in [2.24, 2.45) is 0 Å². The molecule has 0 atom stereocenters. The Morgan fingerprint density at radius 3 is 2.37 bits per heavy atom. The van der Waals surface area contributed by atoms with Crippen LogP contribution >= 0.6 is 0 Å². The summed E-state index contributed by atoms with van der Waals surface area (Å²) in [7, 11) is 0. The zero-order valence-electron chi connectivity index (χ0n) is 15.8. The molecule has 0 unspecified atom stereocenters. The van der Waals surface area contributed by atoms with E-state index in [9.17, 15) is 9.59 Å². The Morgan fingerprint density at radius 1 is 1.04 bits per heavy atom. The van der Waals surface area contributed by atoms with Crippen molar-refractivity contribution < 1.29 is 14.1 Å². The van der Waals surface area contributed by atoms with E-state index in [-0.39, 0.29) is 11.5 Å². The predicted molar refractivity (Wildman–Crippen MR) is 104 cm³/mol. The summed E-state index contributed by atoms with van der Waals surface area (Å²) in [6.45, 7) is 5.96. The summed E-state index contributed by atoms with van der Waals surface area (Å²) in [5, 5.41) is 0. The van der Waals surface area contributed by atoms with E-state index in [0.29, 0.717) is 29.8 Å². The lowest BCUT2D eigenvalue weighted by molar-refractivity contribution is -0.614. The summed E-state index contributed by atoms with van der Waals surface area (Å²) in [5.41, 5.74) is 3.22. The topological polar surface area (TPSA) is 63.0 Å². The summed E-state index contributed by atoms with van der Waals surface area (Å²) in [4.78, 5) is 28.2. The number of hydrogen-bond acceptors (Lipinski definition) is 3. The lowest BCUT2D eigenvalue weighted by Crippen LogP contribution is -2.45. The van der Waals surface area contributed by atoms with Crippen LogP contribution in [0.2, 0.25) is 0 Å². The van der Waals surface area contributed by atoms with Crippen molar-refractivity contribution in [1.82, 2.24) is 4.98 Å². The number of H-pyrrole nitrogens is 1. The maximum Gasteiger partial charge on any atom is 0.343 e. The van der Waals surface area contributed by atoms with E-state index in [0.717, 1.165) is 17.1 Å². The van der Waals surface area contributed by atoms with E-state index in [1.165, 1.54) is 0 Å². The Hall–Kier alpha value is -3.21. The van der Waals surface area contributed by atoms with Crippen LogP contribution in [-0.2, 0) is 11.2 Å². The second-order valence-corrected chi connectivity index (χ2v) is 6.15. The Bertz CT molecular complexity index is 1020. The molecule has 0 spiro atoms. The van der Waals surface area contributed by atoms with Crippen LogP contribution in [0.15, 0.2) is 59.4 Å². The van der Waals surface area contributed by atoms with Gasteiger partial charge in [-0.25, -0.2) is 14.6 Å². The maximum absolute atomic E-state index is 12.8. The van der Waals surface area contributed by atoms with Gasteiger partial charge in [0.1, 0.15) is 22.5 Å². The van der Waals surface area contributed by atoms with E-state index in [1.807, 2.05) is 60.9 Å². The highest BCUT2D eigenvalue weighted by atomic mass is 16.5. The summed E-state index contributed by atoms with van der Waals surface area (Å²) in [6, 6.07) is 16.8. The van der Waals surface area contributed by atoms with Gasteiger partial charge in [-0.15, -0.1) is 0 Å². The number of aryl methyl sites for hydroxylation is 1. The molecule has 27 heavy (non-hydrogen) atoms. The number of nitrogens with zero attached hydrogens (tertiary/aromatic N) is 1. The van der Waals surface area contributed by atoms with Gasteiger partial charge in [-0.05, 0) is 31.5 Å². The first-order chi connectivity index (χ1) is 13.1.